The molecule has 1 aliphatic carbocycles. The second-order valence-corrected chi connectivity index (χ2v) is 2.54. The topological polar surface area (TPSA) is 3.24 Å². The third-order valence-corrected chi connectivity index (χ3v) is 1.57. The maximum Gasteiger partial charge on any atom is 0.0112 e. The zero-order valence-corrected chi connectivity index (χ0v) is 5.56. The van der Waals surface area contributed by atoms with Crippen molar-refractivity contribution in [1.29, 1.82) is 0 Å². The largest absolute Gasteiger partial charge is 0.299 e. The minimum absolute atomic E-state index is 0.843. The van der Waals surface area contributed by atoms with Gasteiger partial charge < -0.3 is 0 Å². The Morgan fingerprint density at radius 3 is 2.62 bits per heavy atom. The van der Waals surface area contributed by atoms with Crippen LogP contribution < -0.4 is 0 Å². The van der Waals surface area contributed by atoms with Gasteiger partial charge in [-0.15, -0.1) is 0 Å². The average Bonchev–Trinajstić information content (AvgIpc) is 2.45. The highest BCUT2D eigenvalue weighted by atomic mass is 15.1. The number of hydrogen-bond acceptors (Lipinski definition) is 1. The maximum atomic E-state index is 3.92. The van der Waals surface area contributed by atoms with Gasteiger partial charge in [0.1, 0.15) is 0 Å². The first-order chi connectivity index (χ1) is 3.84. The van der Waals surface area contributed by atoms with Gasteiger partial charge in [-0.3, -0.25) is 4.90 Å². The van der Waals surface area contributed by atoms with Gasteiger partial charge in [-0.2, -0.15) is 0 Å². The first-order valence-corrected chi connectivity index (χ1v) is 3.41. The quantitative estimate of drug-likeness (QED) is 0.536. The minimum Gasteiger partial charge on any atom is -0.299 e. The second kappa shape index (κ2) is 2.49. The van der Waals surface area contributed by atoms with Crippen molar-refractivity contribution in [3.63, 3.8) is 0 Å². The monoisotopic (exact) mass is 112 g/mol. The Labute approximate surface area is 51.7 Å². The fraction of sp³-hybridized carbons (Fsp3) is 0.857. The molecule has 1 fully saturated rings. The molecule has 0 spiro atoms. The standard InChI is InChI=1S/C7H14N/c1-3-6-8(2)7-4-5-7/h7H,2-6H2,1H3. The molecule has 0 atom stereocenters. The van der Waals surface area contributed by atoms with E-state index in [-0.39, 0.29) is 0 Å². The summed E-state index contributed by atoms with van der Waals surface area (Å²) in [6.07, 6.45) is 3.99. The van der Waals surface area contributed by atoms with Crippen LogP contribution in [0.1, 0.15) is 26.2 Å². The van der Waals surface area contributed by atoms with Crippen molar-refractivity contribution in [3.8, 4) is 0 Å². The molecule has 0 amide bonds. The van der Waals surface area contributed by atoms with Crippen molar-refractivity contribution < 1.29 is 0 Å². The average molecular weight is 112 g/mol. The summed E-state index contributed by atoms with van der Waals surface area (Å²) < 4.78 is 0. The van der Waals surface area contributed by atoms with Crippen LogP contribution in [-0.2, 0) is 0 Å². The summed E-state index contributed by atoms with van der Waals surface area (Å²) in [6.45, 7) is 3.37. The van der Waals surface area contributed by atoms with Crippen molar-refractivity contribution in [2.75, 3.05) is 6.54 Å². The van der Waals surface area contributed by atoms with Gasteiger partial charge in [-0.1, -0.05) is 6.92 Å². The zero-order valence-electron chi connectivity index (χ0n) is 5.56. The maximum absolute atomic E-state index is 3.92. The van der Waals surface area contributed by atoms with Crippen LogP contribution in [0.5, 0.6) is 0 Å². The molecule has 0 aromatic rings. The highest BCUT2D eigenvalue weighted by Gasteiger charge is 2.24. The summed E-state index contributed by atoms with van der Waals surface area (Å²) in [5.74, 6) is 0. The van der Waals surface area contributed by atoms with Crippen LogP contribution in [0.2, 0.25) is 0 Å². The molecule has 0 heterocycles. The lowest BCUT2D eigenvalue weighted by Crippen LogP contribution is -2.18. The molecule has 0 aromatic heterocycles. The molecule has 1 saturated carbocycles. The summed E-state index contributed by atoms with van der Waals surface area (Å²) in [5.41, 5.74) is 0. The first kappa shape index (κ1) is 6.09. The predicted octanol–water partition coefficient (Wildman–Crippen LogP) is 1.65. The Morgan fingerprint density at radius 1 is 1.62 bits per heavy atom. The van der Waals surface area contributed by atoms with Crippen molar-refractivity contribution in [2.45, 2.75) is 32.2 Å². The molecular weight excluding hydrogens is 98.1 g/mol. The fourth-order valence-electron chi connectivity index (χ4n) is 0.909. The molecule has 1 radical (unpaired) electrons. The molecule has 1 nitrogen and oxygen atoms in total. The Hall–Kier alpha value is -0.0400. The zero-order chi connectivity index (χ0) is 5.98. The lowest BCUT2D eigenvalue weighted by Gasteiger charge is -2.12. The summed E-state index contributed by atoms with van der Waals surface area (Å²) in [4.78, 5) is 2.21. The molecule has 1 rings (SSSR count). The van der Waals surface area contributed by atoms with E-state index in [9.17, 15) is 0 Å². The first-order valence-electron chi connectivity index (χ1n) is 3.41. The molecule has 47 valence electrons. The van der Waals surface area contributed by atoms with E-state index in [1.807, 2.05) is 0 Å². The molecule has 0 unspecified atom stereocenters. The lowest BCUT2D eigenvalue weighted by atomic mass is 10.4. The van der Waals surface area contributed by atoms with Gasteiger partial charge in [-0.05, 0) is 25.8 Å². The van der Waals surface area contributed by atoms with Crippen molar-refractivity contribution in [2.24, 2.45) is 0 Å². The van der Waals surface area contributed by atoms with E-state index in [1.54, 1.807) is 0 Å². The highest BCUT2D eigenvalue weighted by Crippen LogP contribution is 2.25. The molecule has 1 heteroatoms. The van der Waals surface area contributed by atoms with Crippen LogP contribution >= 0.6 is 0 Å². The van der Waals surface area contributed by atoms with Gasteiger partial charge in [0.05, 0.1) is 0 Å². The summed E-state index contributed by atoms with van der Waals surface area (Å²) in [5, 5.41) is 0. The van der Waals surface area contributed by atoms with E-state index in [2.05, 4.69) is 18.9 Å². The van der Waals surface area contributed by atoms with E-state index < -0.39 is 0 Å². The molecule has 8 heavy (non-hydrogen) atoms. The molecule has 0 bridgehead atoms. The highest BCUT2D eigenvalue weighted by molar-refractivity contribution is 4.83. The lowest BCUT2D eigenvalue weighted by molar-refractivity contribution is 0.360. The SMILES string of the molecule is [CH2]N(CCC)C1CC1. The van der Waals surface area contributed by atoms with Crippen LogP contribution in [0.3, 0.4) is 0 Å². The van der Waals surface area contributed by atoms with Gasteiger partial charge in [0.2, 0.25) is 0 Å². The van der Waals surface area contributed by atoms with E-state index in [0.29, 0.717) is 0 Å². The van der Waals surface area contributed by atoms with Crippen LogP contribution in [0.15, 0.2) is 0 Å². The molecule has 0 aliphatic heterocycles. The van der Waals surface area contributed by atoms with Crippen LogP contribution in [0, 0.1) is 7.05 Å². The Morgan fingerprint density at radius 2 is 2.25 bits per heavy atom. The van der Waals surface area contributed by atoms with Crippen molar-refractivity contribution in [1.82, 2.24) is 4.90 Å². The molecule has 0 aromatic carbocycles. The van der Waals surface area contributed by atoms with E-state index in [4.69, 9.17) is 0 Å². The van der Waals surface area contributed by atoms with E-state index in [1.165, 1.54) is 25.8 Å². The second-order valence-electron chi connectivity index (χ2n) is 2.54. The third kappa shape index (κ3) is 1.48. The van der Waals surface area contributed by atoms with Crippen LogP contribution in [0.4, 0.5) is 0 Å². The van der Waals surface area contributed by atoms with Gasteiger partial charge in [0.15, 0.2) is 0 Å². The van der Waals surface area contributed by atoms with Gasteiger partial charge in [0, 0.05) is 13.1 Å². The predicted molar refractivity (Wildman–Crippen MR) is 35.4 cm³/mol. The molecule has 0 N–H and O–H groups in total. The van der Waals surface area contributed by atoms with E-state index in [0.717, 1.165) is 6.04 Å². The number of hydrogen-bond donors (Lipinski definition) is 0. The molecule has 1 aliphatic rings. The van der Waals surface area contributed by atoms with Gasteiger partial charge in [-0.25, -0.2) is 0 Å². The Bertz CT molecular complexity index is 66.8. The number of nitrogens with zero attached hydrogens (tertiary/aromatic N) is 1. The van der Waals surface area contributed by atoms with Crippen molar-refractivity contribution >= 4 is 0 Å². The Balaban J connectivity index is 2.03. The van der Waals surface area contributed by atoms with Gasteiger partial charge in [0.25, 0.3) is 0 Å². The van der Waals surface area contributed by atoms with Crippen molar-refractivity contribution in [3.05, 3.63) is 7.05 Å². The Kier molecular flexibility index (Phi) is 1.90. The number of rotatable bonds is 3. The normalized spacial score (nSPS) is 19.9. The summed E-state index contributed by atoms with van der Waals surface area (Å²) >= 11 is 0. The summed E-state index contributed by atoms with van der Waals surface area (Å²) in [7, 11) is 3.92. The smallest absolute Gasteiger partial charge is 0.0112 e. The minimum atomic E-state index is 0.843. The van der Waals surface area contributed by atoms with Gasteiger partial charge >= 0.3 is 0 Å². The van der Waals surface area contributed by atoms with E-state index >= 15 is 0 Å². The molecule has 0 saturated heterocycles. The molecular formula is C7H14N. The fourth-order valence-corrected chi connectivity index (χ4v) is 0.909. The third-order valence-electron chi connectivity index (χ3n) is 1.57. The summed E-state index contributed by atoms with van der Waals surface area (Å²) in [6, 6.07) is 0.843. The van der Waals surface area contributed by atoms with Crippen LogP contribution in [-0.4, -0.2) is 17.5 Å². The van der Waals surface area contributed by atoms with Crippen LogP contribution in [0.25, 0.3) is 0 Å².